The molecule has 26 heavy (non-hydrogen) atoms. The van der Waals surface area contributed by atoms with Crippen LogP contribution in [0.1, 0.15) is 90.2 Å². The van der Waals surface area contributed by atoms with Gasteiger partial charge in [0.15, 0.2) is 23.3 Å². The van der Waals surface area contributed by atoms with E-state index in [1.807, 2.05) is 27.7 Å². The lowest BCUT2D eigenvalue weighted by molar-refractivity contribution is 0.445. The molecule has 0 bridgehead atoms. The van der Waals surface area contributed by atoms with Gasteiger partial charge in [0.2, 0.25) is 0 Å². The molecule has 0 aliphatic carbocycles. The molecule has 0 amide bonds. The van der Waals surface area contributed by atoms with Crippen LogP contribution in [0.25, 0.3) is 11.1 Å². The van der Waals surface area contributed by atoms with Crippen molar-refractivity contribution < 1.29 is 17.6 Å². The van der Waals surface area contributed by atoms with Gasteiger partial charge in [-0.05, 0) is 36.8 Å². The van der Waals surface area contributed by atoms with E-state index < -0.39 is 34.4 Å². The summed E-state index contributed by atoms with van der Waals surface area (Å²) in [6, 6.07) is 0. The Bertz CT molecular complexity index is 571. The van der Waals surface area contributed by atoms with Gasteiger partial charge in [-0.15, -0.1) is 0 Å². The number of unbranched alkanes of at least 4 members (excludes halogenated alkanes) is 2. The minimum absolute atomic E-state index is 0.336. The lowest BCUT2D eigenvalue weighted by atomic mass is 9.92. The minimum atomic E-state index is -1.28. The van der Waals surface area contributed by atoms with Crippen molar-refractivity contribution >= 4 is 11.1 Å². The molecule has 0 nitrogen and oxygen atoms in total. The second-order valence-corrected chi connectivity index (χ2v) is 6.54. The van der Waals surface area contributed by atoms with Crippen molar-refractivity contribution in [2.24, 2.45) is 0 Å². The van der Waals surface area contributed by atoms with Crippen molar-refractivity contribution in [1.82, 2.24) is 0 Å². The molecule has 146 valence electrons. The predicted molar refractivity (Wildman–Crippen MR) is 102 cm³/mol. The van der Waals surface area contributed by atoms with Crippen LogP contribution < -0.4 is 0 Å². The fourth-order valence-electron chi connectivity index (χ4n) is 3.03. The van der Waals surface area contributed by atoms with Crippen LogP contribution in [0.15, 0.2) is 12.2 Å². The normalized spacial score (nSPS) is 12.8. The first-order chi connectivity index (χ1) is 12.4. The summed E-state index contributed by atoms with van der Waals surface area (Å²) < 4.78 is 59.1. The van der Waals surface area contributed by atoms with Gasteiger partial charge in [-0.2, -0.15) is 0 Å². The van der Waals surface area contributed by atoms with Crippen LogP contribution in [-0.4, -0.2) is 0 Å². The number of allylic oxidation sites excluding steroid dienone is 4. The van der Waals surface area contributed by atoms with Crippen LogP contribution in [-0.2, 0) is 0 Å². The maximum Gasteiger partial charge on any atom is 0.170 e. The van der Waals surface area contributed by atoms with Crippen LogP contribution >= 0.6 is 0 Å². The van der Waals surface area contributed by atoms with E-state index in [-0.39, 0.29) is 0 Å². The van der Waals surface area contributed by atoms with Gasteiger partial charge in [0.25, 0.3) is 0 Å². The molecule has 0 spiro atoms. The molecule has 1 aromatic carbocycles. The molecule has 0 saturated heterocycles. The lowest BCUT2D eigenvalue weighted by Crippen LogP contribution is -2.08. The SMILES string of the molecule is CCC/C=C(\CCC)c1c(F)c(F)c(/C(=C/CCC)CCC)c(F)c1F. The minimum Gasteiger partial charge on any atom is -0.203 e. The molecule has 0 unspecified atom stereocenters. The Balaban J connectivity index is 3.62. The largest absolute Gasteiger partial charge is 0.203 e. The molecule has 0 aliphatic heterocycles. The molecular formula is C22H30F4. The van der Waals surface area contributed by atoms with E-state index in [4.69, 9.17) is 0 Å². The van der Waals surface area contributed by atoms with Gasteiger partial charge in [-0.25, -0.2) is 17.6 Å². The third kappa shape index (κ3) is 5.21. The molecule has 0 atom stereocenters. The first kappa shape index (κ1) is 22.5. The van der Waals surface area contributed by atoms with Crippen molar-refractivity contribution in [2.75, 3.05) is 0 Å². The summed E-state index contributed by atoms with van der Waals surface area (Å²) in [4.78, 5) is 0. The third-order valence-electron chi connectivity index (χ3n) is 4.30. The monoisotopic (exact) mass is 370 g/mol. The number of hydrogen-bond donors (Lipinski definition) is 0. The molecule has 1 aromatic rings. The van der Waals surface area contributed by atoms with Crippen LogP contribution in [0.3, 0.4) is 0 Å². The molecule has 0 radical (unpaired) electrons. The topological polar surface area (TPSA) is 0 Å². The highest BCUT2D eigenvalue weighted by Gasteiger charge is 2.28. The van der Waals surface area contributed by atoms with E-state index in [1.54, 1.807) is 12.2 Å². The number of halogens is 4. The Kier molecular flexibility index (Phi) is 9.68. The van der Waals surface area contributed by atoms with Gasteiger partial charge >= 0.3 is 0 Å². The Morgan fingerprint density at radius 3 is 1.12 bits per heavy atom. The van der Waals surface area contributed by atoms with Crippen molar-refractivity contribution in [3.8, 4) is 0 Å². The Labute approximate surface area is 155 Å². The van der Waals surface area contributed by atoms with Gasteiger partial charge in [0, 0.05) is 0 Å². The molecule has 0 saturated carbocycles. The molecule has 4 heteroatoms. The fourth-order valence-corrected chi connectivity index (χ4v) is 3.03. The molecular weight excluding hydrogens is 340 g/mol. The fraction of sp³-hybridized carbons (Fsp3) is 0.545. The van der Waals surface area contributed by atoms with Crippen molar-refractivity contribution in [3.05, 3.63) is 46.5 Å². The second kappa shape index (κ2) is 11.2. The van der Waals surface area contributed by atoms with Gasteiger partial charge < -0.3 is 0 Å². The average molecular weight is 370 g/mol. The maximum absolute atomic E-state index is 14.8. The van der Waals surface area contributed by atoms with Crippen LogP contribution in [0.5, 0.6) is 0 Å². The lowest BCUT2D eigenvalue weighted by Gasteiger charge is -2.16. The van der Waals surface area contributed by atoms with Gasteiger partial charge in [-0.1, -0.05) is 65.5 Å². The summed E-state index contributed by atoms with van der Waals surface area (Å²) in [5, 5.41) is 0. The Hall–Kier alpha value is -1.58. The van der Waals surface area contributed by atoms with Crippen LogP contribution in [0, 0.1) is 23.3 Å². The first-order valence-corrected chi connectivity index (χ1v) is 9.69. The van der Waals surface area contributed by atoms with Gasteiger partial charge in [-0.3, -0.25) is 0 Å². The zero-order valence-corrected chi connectivity index (χ0v) is 16.3. The highest BCUT2D eigenvalue weighted by Crippen LogP contribution is 2.36. The standard InChI is InChI=1S/C22H30F4/c1-5-9-13-15(11-7-3)17-19(23)21(25)18(22(26)20(17)24)16(12-8-4)14-10-6-2/h13-14H,5-12H2,1-4H3/b15-13+,16-14+. The summed E-state index contributed by atoms with van der Waals surface area (Å²) in [7, 11) is 0. The summed E-state index contributed by atoms with van der Waals surface area (Å²) in [5.41, 5.74) is -0.428. The van der Waals surface area contributed by atoms with E-state index in [1.165, 1.54) is 0 Å². The second-order valence-electron chi connectivity index (χ2n) is 6.54. The van der Waals surface area contributed by atoms with Crippen molar-refractivity contribution in [2.45, 2.75) is 79.1 Å². The van der Waals surface area contributed by atoms with Crippen LogP contribution in [0.4, 0.5) is 17.6 Å². The van der Waals surface area contributed by atoms with Gasteiger partial charge in [0.05, 0.1) is 11.1 Å². The smallest absolute Gasteiger partial charge is 0.170 e. The summed E-state index contributed by atoms with van der Waals surface area (Å²) in [6.45, 7) is 7.60. The molecule has 0 aromatic heterocycles. The number of rotatable bonds is 10. The zero-order chi connectivity index (χ0) is 19.7. The number of benzene rings is 1. The quantitative estimate of drug-likeness (QED) is 0.287. The average Bonchev–Trinajstić information content (AvgIpc) is 2.62. The van der Waals surface area contributed by atoms with Crippen LogP contribution in [0.2, 0.25) is 0 Å². The summed E-state index contributed by atoms with van der Waals surface area (Å²) >= 11 is 0. The third-order valence-corrected chi connectivity index (χ3v) is 4.30. The van der Waals surface area contributed by atoms with Crippen molar-refractivity contribution in [3.63, 3.8) is 0 Å². The van der Waals surface area contributed by atoms with E-state index in [9.17, 15) is 17.6 Å². The summed E-state index contributed by atoms with van der Waals surface area (Å²) in [5.74, 6) is -5.14. The van der Waals surface area contributed by atoms with E-state index in [2.05, 4.69) is 0 Å². The van der Waals surface area contributed by atoms with Gasteiger partial charge in [0.1, 0.15) is 0 Å². The van der Waals surface area contributed by atoms with E-state index in [0.29, 0.717) is 49.7 Å². The first-order valence-electron chi connectivity index (χ1n) is 9.69. The zero-order valence-electron chi connectivity index (χ0n) is 16.3. The van der Waals surface area contributed by atoms with Crippen molar-refractivity contribution in [1.29, 1.82) is 0 Å². The number of hydrogen-bond acceptors (Lipinski definition) is 0. The molecule has 0 N–H and O–H groups in total. The highest BCUT2D eigenvalue weighted by molar-refractivity contribution is 5.72. The Morgan fingerprint density at radius 2 is 0.885 bits per heavy atom. The Morgan fingerprint density at radius 1 is 0.577 bits per heavy atom. The highest BCUT2D eigenvalue weighted by atomic mass is 19.2. The predicted octanol–water partition coefficient (Wildman–Crippen LogP) is 8.21. The molecule has 1 rings (SSSR count). The summed E-state index contributed by atoms with van der Waals surface area (Å²) in [6.07, 6.45) is 8.19. The molecule has 0 fully saturated rings. The molecule has 0 aliphatic rings. The maximum atomic E-state index is 14.8. The van der Waals surface area contributed by atoms with E-state index >= 15 is 0 Å². The van der Waals surface area contributed by atoms with E-state index in [0.717, 1.165) is 12.8 Å². The molecule has 0 heterocycles.